The molecular formula is C9H11NO4. The van der Waals surface area contributed by atoms with Gasteiger partial charge in [0.1, 0.15) is 12.3 Å². The van der Waals surface area contributed by atoms with Gasteiger partial charge < -0.3 is 20.6 Å². The Kier molecular flexibility index (Phi) is 3.30. The van der Waals surface area contributed by atoms with Gasteiger partial charge in [0.2, 0.25) is 0 Å². The Labute approximate surface area is 80.6 Å². The van der Waals surface area contributed by atoms with Crippen molar-refractivity contribution in [2.24, 2.45) is 0 Å². The maximum Gasteiger partial charge on any atom is 0.322 e. The molecule has 1 aromatic carbocycles. The number of carbonyl (C=O) groups is 1. The number of hydrogen-bond donors (Lipinski definition) is 4. The van der Waals surface area contributed by atoms with E-state index >= 15 is 0 Å². The summed E-state index contributed by atoms with van der Waals surface area (Å²) < 4.78 is 0. The fourth-order valence-electron chi connectivity index (χ4n) is 0.985. The third-order valence-corrected chi connectivity index (χ3v) is 1.70. The Balaban J connectivity index is 2.71. The van der Waals surface area contributed by atoms with Crippen LogP contribution >= 0.6 is 0 Å². The molecule has 4 N–H and O–H groups in total. The Morgan fingerprint density at radius 1 is 1.43 bits per heavy atom. The maximum absolute atomic E-state index is 10.2. The first-order valence-corrected chi connectivity index (χ1v) is 4.02. The van der Waals surface area contributed by atoms with Crippen LogP contribution in [-0.2, 0) is 11.4 Å². The predicted octanol–water partition coefficient (Wildman–Crippen LogP) is 0.381. The fraction of sp³-hybridized carbons (Fsp3) is 0.222. The molecule has 0 saturated heterocycles. The number of carboxylic acids is 1. The summed E-state index contributed by atoms with van der Waals surface area (Å²) in [5, 5.41) is 29.0. The average Bonchev–Trinajstić information content (AvgIpc) is 2.15. The summed E-state index contributed by atoms with van der Waals surface area (Å²) in [5.41, 5.74) is 0.910. The van der Waals surface area contributed by atoms with Crippen molar-refractivity contribution in [2.75, 3.05) is 11.9 Å². The van der Waals surface area contributed by atoms with E-state index in [1.165, 1.54) is 12.1 Å². The van der Waals surface area contributed by atoms with Gasteiger partial charge >= 0.3 is 5.97 Å². The van der Waals surface area contributed by atoms with Crippen LogP contribution < -0.4 is 5.32 Å². The maximum atomic E-state index is 10.2. The monoisotopic (exact) mass is 197 g/mol. The number of aliphatic hydroxyl groups is 1. The number of aliphatic hydroxyl groups excluding tert-OH is 1. The smallest absolute Gasteiger partial charge is 0.322 e. The van der Waals surface area contributed by atoms with Gasteiger partial charge in [-0.25, -0.2) is 0 Å². The van der Waals surface area contributed by atoms with Crippen molar-refractivity contribution in [2.45, 2.75) is 6.61 Å². The lowest BCUT2D eigenvalue weighted by atomic mass is 10.2. The summed E-state index contributed by atoms with van der Waals surface area (Å²) in [4.78, 5) is 10.2. The average molecular weight is 197 g/mol. The second-order valence-corrected chi connectivity index (χ2v) is 2.75. The van der Waals surface area contributed by atoms with Gasteiger partial charge in [-0.3, -0.25) is 4.79 Å². The van der Waals surface area contributed by atoms with E-state index in [9.17, 15) is 9.90 Å². The molecule has 0 heterocycles. The highest BCUT2D eigenvalue weighted by Crippen LogP contribution is 2.21. The van der Waals surface area contributed by atoms with Crippen molar-refractivity contribution in [1.29, 1.82) is 0 Å². The van der Waals surface area contributed by atoms with Gasteiger partial charge in [-0.2, -0.15) is 0 Å². The number of phenols is 1. The molecule has 0 spiro atoms. The van der Waals surface area contributed by atoms with Crippen molar-refractivity contribution < 1.29 is 20.1 Å². The normalized spacial score (nSPS) is 9.79. The molecule has 0 amide bonds. The Morgan fingerprint density at radius 3 is 2.64 bits per heavy atom. The van der Waals surface area contributed by atoms with Gasteiger partial charge in [0.15, 0.2) is 0 Å². The third-order valence-electron chi connectivity index (χ3n) is 1.70. The van der Waals surface area contributed by atoms with E-state index in [4.69, 9.17) is 10.2 Å². The van der Waals surface area contributed by atoms with Gasteiger partial charge in [-0.05, 0) is 6.07 Å². The molecule has 0 bridgehead atoms. The van der Waals surface area contributed by atoms with Crippen molar-refractivity contribution >= 4 is 11.7 Å². The second-order valence-electron chi connectivity index (χ2n) is 2.75. The molecule has 5 heteroatoms. The molecule has 0 saturated carbocycles. The molecule has 0 aliphatic carbocycles. The molecule has 1 rings (SSSR count). The van der Waals surface area contributed by atoms with Gasteiger partial charge in [0.05, 0.1) is 6.61 Å². The molecule has 0 unspecified atom stereocenters. The van der Waals surface area contributed by atoms with Crippen LogP contribution in [0.5, 0.6) is 5.75 Å². The summed E-state index contributed by atoms with van der Waals surface area (Å²) in [6, 6.07) is 4.49. The van der Waals surface area contributed by atoms with Crippen LogP contribution in [0.15, 0.2) is 18.2 Å². The number of aliphatic carboxylic acids is 1. The third kappa shape index (κ3) is 2.63. The highest BCUT2D eigenvalue weighted by molar-refractivity contribution is 5.73. The molecule has 5 nitrogen and oxygen atoms in total. The molecule has 76 valence electrons. The number of benzene rings is 1. The lowest BCUT2D eigenvalue weighted by Gasteiger charge is -2.06. The minimum absolute atomic E-state index is 0.0529. The van der Waals surface area contributed by atoms with Crippen LogP contribution in [0.2, 0.25) is 0 Å². The van der Waals surface area contributed by atoms with Crippen LogP contribution in [0.1, 0.15) is 5.56 Å². The first-order chi connectivity index (χ1) is 6.63. The topological polar surface area (TPSA) is 89.8 Å². The molecular weight excluding hydrogens is 186 g/mol. The number of nitrogens with one attached hydrogen (secondary N) is 1. The Morgan fingerprint density at radius 2 is 2.14 bits per heavy atom. The van der Waals surface area contributed by atoms with Crippen LogP contribution in [0.4, 0.5) is 5.69 Å². The fourth-order valence-corrected chi connectivity index (χ4v) is 0.985. The van der Waals surface area contributed by atoms with Crippen molar-refractivity contribution in [1.82, 2.24) is 0 Å². The van der Waals surface area contributed by atoms with Gasteiger partial charge in [0, 0.05) is 17.3 Å². The molecule has 0 aliphatic heterocycles. The predicted molar refractivity (Wildman–Crippen MR) is 50.2 cm³/mol. The summed E-state index contributed by atoms with van der Waals surface area (Å²) in [7, 11) is 0. The summed E-state index contributed by atoms with van der Waals surface area (Å²) >= 11 is 0. The summed E-state index contributed by atoms with van der Waals surface area (Å²) in [5.74, 6) is -1.03. The van der Waals surface area contributed by atoms with E-state index in [0.29, 0.717) is 11.3 Å². The van der Waals surface area contributed by atoms with E-state index in [1.807, 2.05) is 0 Å². The van der Waals surface area contributed by atoms with Crippen LogP contribution in [0, 0.1) is 0 Å². The molecule has 0 aliphatic rings. The minimum Gasteiger partial charge on any atom is -0.508 e. The molecule has 1 aromatic rings. The van der Waals surface area contributed by atoms with Crippen LogP contribution in [0.3, 0.4) is 0 Å². The van der Waals surface area contributed by atoms with Crippen molar-refractivity contribution in [3.8, 4) is 5.75 Å². The van der Waals surface area contributed by atoms with Gasteiger partial charge in [0.25, 0.3) is 0 Å². The lowest BCUT2D eigenvalue weighted by molar-refractivity contribution is -0.134. The highest BCUT2D eigenvalue weighted by atomic mass is 16.4. The zero-order valence-corrected chi connectivity index (χ0v) is 7.40. The lowest BCUT2D eigenvalue weighted by Crippen LogP contribution is -2.12. The number of rotatable bonds is 4. The molecule has 0 radical (unpaired) electrons. The standard InChI is InChI=1S/C9H11NO4/c11-5-6-1-2-7(3-8(6)12)10-4-9(13)14/h1-3,10-12H,4-5H2,(H,13,14). The van der Waals surface area contributed by atoms with E-state index in [0.717, 1.165) is 0 Å². The van der Waals surface area contributed by atoms with Crippen molar-refractivity contribution in [3.05, 3.63) is 23.8 Å². The molecule has 0 atom stereocenters. The summed E-state index contributed by atoms with van der Waals surface area (Å²) in [6.07, 6.45) is 0. The van der Waals surface area contributed by atoms with E-state index in [2.05, 4.69) is 5.32 Å². The van der Waals surface area contributed by atoms with Gasteiger partial charge in [-0.15, -0.1) is 0 Å². The number of hydrogen-bond acceptors (Lipinski definition) is 4. The molecule has 0 aromatic heterocycles. The first kappa shape index (κ1) is 10.3. The van der Waals surface area contributed by atoms with E-state index in [-0.39, 0.29) is 18.9 Å². The number of carboxylic acid groups (broad SMARTS) is 1. The zero-order chi connectivity index (χ0) is 10.6. The number of aromatic hydroxyl groups is 1. The Bertz CT molecular complexity index is 338. The largest absolute Gasteiger partial charge is 0.508 e. The quantitative estimate of drug-likeness (QED) is 0.560. The minimum atomic E-state index is -0.976. The van der Waals surface area contributed by atoms with Crippen molar-refractivity contribution in [3.63, 3.8) is 0 Å². The van der Waals surface area contributed by atoms with E-state index < -0.39 is 5.97 Å². The van der Waals surface area contributed by atoms with Crippen LogP contribution in [0.25, 0.3) is 0 Å². The van der Waals surface area contributed by atoms with Gasteiger partial charge in [-0.1, -0.05) is 6.07 Å². The highest BCUT2D eigenvalue weighted by Gasteiger charge is 2.02. The zero-order valence-electron chi connectivity index (χ0n) is 7.40. The van der Waals surface area contributed by atoms with Crippen LogP contribution in [-0.4, -0.2) is 27.8 Å². The molecule has 0 fully saturated rings. The first-order valence-electron chi connectivity index (χ1n) is 4.02. The number of anilines is 1. The van der Waals surface area contributed by atoms with E-state index in [1.54, 1.807) is 6.07 Å². The summed E-state index contributed by atoms with van der Waals surface area (Å²) in [6.45, 7) is -0.455. The Hall–Kier alpha value is -1.75. The molecule has 14 heavy (non-hydrogen) atoms. The SMILES string of the molecule is O=C(O)CNc1ccc(CO)c(O)c1. The second kappa shape index (κ2) is 4.48.